The maximum Gasteiger partial charge on any atom is 0.338 e. The van der Waals surface area contributed by atoms with Crippen LogP contribution in [0.3, 0.4) is 0 Å². The van der Waals surface area contributed by atoms with Gasteiger partial charge in [0.15, 0.2) is 16.3 Å². The lowest BCUT2D eigenvalue weighted by Crippen LogP contribution is -2.39. The predicted octanol–water partition coefficient (Wildman–Crippen LogP) is 2.25. The average Bonchev–Trinajstić information content (AvgIpc) is 3.17. The van der Waals surface area contributed by atoms with Gasteiger partial charge in [0.05, 0.1) is 41.0 Å². The highest BCUT2D eigenvalue weighted by atomic mass is 32.1. The quantitative estimate of drug-likeness (QED) is 0.207. The molecule has 0 saturated carbocycles. The van der Waals surface area contributed by atoms with Gasteiger partial charge in [0, 0.05) is 19.1 Å². The van der Waals surface area contributed by atoms with Gasteiger partial charge < -0.3 is 14.2 Å². The van der Waals surface area contributed by atoms with Crippen molar-refractivity contribution in [3.05, 3.63) is 94.7 Å². The second kappa shape index (κ2) is 10.2. The zero-order chi connectivity index (χ0) is 26.9. The van der Waals surface area contributed by atoms with Gasteiger partial charge in [-0.3, -0.25) is 24.3 Å². The highest BCUT2D eigenvalue weighted by Gasteiger charge is 2.33. The van der Waals surface area contributed by atoms with E-state index in [1.165, 1.54) is 56.1 Å². The molecule has 11 nitrogen and oxygen atoms in total. The largest absolute Gasteiger partial charge is 0.493 e. The molecule has 190 valence electrons. The van der Waals surface area contributed by atoms with Crippen molar-refractivity contribution in [1.82, 2.24) is 4.57 Å². The van der Waals surface area contributed by atoms with Gasteiger partial charge in [-0.1, -0.05) is 29.5 Å². The number of methoxy groups -OCH3 is 2. The van der Waals surface area contributed by atoms with Crippen LogP contribution in [0.25, 0.3) is 6.08 Å². The Morgan fingerprint density at radius 2 is 1.92 bits per heavy atom. The highest BCUT2D eigenvalue weighted by molar-refractivity contribution is 7.07. The molecule has 0 N–H and O–H groups in total. The van der Waals surface area contributed by atoms with E-state index in [0.29, 0.717) is 21.6 Å². The summed E-state index contributed by atoms with van der Waals surface area (Å²) >= 11 is 1.09. The lowest BCUT2D eigenvalue weighted by Gasteiger charge is -2.25. The van der Waals surface area contributed by atoms with Crippen LogP contribution >= 0.6 is 11.3 Å². The van der Waals surface area contributed by atoms with Crippen LogP contribution in [0.4, 0.5) is 5.69 Å². The monoisotopic (exact) mass is 523 g/mol. The summed E-state index contributed by atoms with van der Waals surface area (Å²) in [6.07, 6.45) is 1.54. The van der Waals surface area contributed by atoms with Gasteiger partial charge in [0.25, 0.3) is 11.2 Å². The lowest BCUT2D eigenvalue weighted by atomic mass is 9.95. The molecule has 0 aliphatic carbocycles. The molecular weight excluding hydrogens is 502 g/mol. The predicted molar refractivity (Wildman–Crippen MR) is 133 cm³/mol. The van der Waals surface area contributed by atoms with Crippen LogP contribution in [0.15, 0.2) is 63.5 Å². The number of aromatic nitrogens is 1. The Morgan fingerprint density at radius 1 is 1.16 bits per heavy atom. The first-order valence-corrected chi connectivity index (χ1v) is 11.7. The molecule has 1 atom stereocenters. The van der Waals surface area contributed by atoms with Gasteiger partial charge >= 0.3 is 11.9 Å². The number of esters is 2. The first-order valence-electron chi connectivity index (χ1n) is 10.9. The molecule has 12 heteroatoms. The van der Waals surface area contributed by atoms with E-state index in [1.54, 1.807) is 25.1 Å². The molecule has 0 spiro atoms. The van der Waals surface area contributed by atoms with Gasteiger partial charge in [-0.15, -0.1) is 0 Å². The van der Waals surface area contributed by atoms with E-state index in [0.717, 1.165) is 11.3 Å². The standard InChI is InChI=1S/C25H21N3O8S/c1-13-21(24(31)35-4)22(16-8-9-18(36-14(2)29)19(12-16)34-3)27-23(30)20(37-25(27)26-13)11-15-6-5-7-17(10-15)28(32)33/h5-12,22H,1-4H3. The summed E-state index contributed by atoms with van der Waals surface area (Å²) in [5, 5.41) is 11.2. The Bertz CT molecular complexity index is 1650. The molecule has 0 bridgehead atoms. The van der Waals surface area contributed by atoms with Crippen molar-refractivity contribution in [2.45, 2.75) is 19.9 Å². The van der Waals surface area contributed by atoms with E-state index in [1.807, 2.05) is 0 Å². The fourth-order valence-electron chi connectivity index (χ4n) is 3.98. The molecule has 3 aromatic rings. The number of carbonyl (C=O) groups excluding carboxylic acids is 2. The average molecular weight is 524 g/mol. The topological polar surface area (TPSA) is 139 Å². The molecule has 0 fully saturated rings. The molecule has 0 radical (unpaired) electrons. The lowest BCUT2D eigenvalue weighted by molar-refractivity contribution is -0.384. The number of nitro benzene ring substituents is 1. The van der Waals surface area contributed by atoms with E-state index < -0.39 is 28.5 Å². The number of thiazole rings is 1. The summed E-state index contributed by atoms with van der Waals surface area (Å²) in [5.41, 5.74) is 0.917. The van der Waals surface area contributed by atoms with Gasteiger partial charge in [-0.05, 0) is 36.3 Å². The normalized spacial score (nSPS) is 15.0. The molecule has 37 heavy (non-hydrogen) atoms. The van der Waals surface area contributed by atoms with Gasteiger partial charge in [0.2, 0.25) is 0 Å². The minimum absolute atomic E-state index is 0.108. The third kappa shape index (κ3) is 4.91. The van der Waals surface area contributed by atoms with Gasteiger partial charge in [-0.2, -0.15) is 0 Å². The molecule has 2 heterocycles. The van der Waals surface area contributed by atoms with Crippen LogP contribution in [0.1, 0.15) is 31.0 Å². The Kier molecular flexibility index (Phi) is 7.02. The molecule has 4 rings (SSSR count). The van der Waals surface area contributed by atoms with Gasteiger partial charge in [0.1, 0.15) is 0 Å². The van der Waals surface area contributed by atoms with E-state index in [-0.39, 0.29) is 27.3 Å². The second-order valence-electron chi connectivity index (χ2n) is 7.93. The van der Waals surface area contributed by atoms with Crippen molar-refractivity contribution in [1.29, 1.82) is 0 Å². The number of nitrogens with zero attached hydrogens (tertiary/aromatic N) is 3. The van der Waals surface area contributed by atoms with Crippen LogP contribution in [-0.4, -0.2) is 35.6 Å². The maximum absolute atomic E-state index is 13.6. The van der Waals surface area contributed by atoms with E-state index in [9.17, 15) is 24.5 Å². The van der Waals surface area contributed by atoms with Crippen molar-refractivity contribution in [2.75, 3.05) is 14.2 Å². The minimum Gasteiger partial charge on any atom is -0.493 e. The maximum atomic E-state index is 13.6. The summed E-state index contributed by atoms with van der Waals surface area (Å²) in [7, 11) is 2.64. The number of nitro groups is 1. The number of ether oxygens (including phenoxy) is 3. The van der Waals surface area contributed by atoms with Crippen LogP contribution < -0.4 is 24.4 Å². The number of rotatable bonds is 6. The highest BCUT2D eigenvalue weighted by Crippen LogP contribution is 2.36. The fraction of sp³-hybridized carbons (Fsp3) is 0.200. The van der Waals surface area contributed by atoms with Crippen LogP contribution in [0.2, 0.25) is 0 Å². The molecule has 1 aromatic heterocycles. The molecule has 0 saturated heterocycles. The van der Waals surface area contributed by atoms with Crippen LogP contribution in [0.5, 0.6) is 11.5 Å². The molecule has 0 amide bonds. The number of allylic oxidation sites excluding steroid dienone is 1. The number of hydrogen-bond acceptors (Lipinski definition) is 10. The Morgan fingerprint density at radius 3 is 2.57 bits per heavy atom. The molecular formula is C25H21N3O8S. The Labute approximate surface area is 213 Å². The minimum atomic E-state index is -0.920. The van der Waals surface area contributed by atoms with Crippen LogP contribution in [-0.2, 0) is 14.3 Å². The first-order chi connectivity index (χ1) is 17.6. The Hall–Kier alpha value is -4.58. The Balaban J connectivity index is 1.95. The van der Waals surface area contributed by atoms with Crippen molar-refractivity contribution >= 4 is 35.0 Å². The number of hydrogen-bond donors (Lipinski definition) is 0. The summed E-state index contributed by atoms with van der Waals surface area (Å²) in [4.78, 5) is 53.4. The number of carbonyl (C=O) groups is 2. The van der Waals surface area contributed by atoms with E-state index in [2.05, 4.69) is 4.99 Å². The van der Waals surface area contributed by atoms with E-state index in [4.69, 9.17) is 14.2 Å². The van der Waals surface area contributed by atoms with E-state index >= 15 is 0 Å². The SMILES string of the molecule is COC(=O)C1=C(C)N=c2sc(=Cc3cccc([N+](=O)[O-])c3)c(=O)n2C1c1ccc(OC(C)=O)c(OC)c1. The summed E-state index contributed by atoms with van der Waals surface area (Å²) < 4.78 is 17.2. The molecule has 2 aromatic carbocycles. The summed E-state index contributed by atoms with van der Waals surface area (Å²) in [5.74, 6) is -0.796. The number of benzene rings is 2. The van der Waals surface area contributed by atoms with Crippen molar-refractivity contribution < 1.29 is 28.7 Å². The van der Waals surface area contributed by atoms with Crippen molar-refractivity contribution in [3.8, 4) is 11.5 Å². The number of non-ortho nitro benzene ring substituents is 1. The van der Waals surface area contributed by atoms with Gasteiger partial charge in [-0.25, -0.2) is 9.79 Å². The second-order valence-corrected chi connectivity index (χ2v) is 8.94. The number of fused-ring (bicyclic) bond motifs is 1. The smallest absolute Gasteiger partial charge is 0.338 e. The third-order valence-electron chi connectivity index (χ3n) is 5.56. The zero-order valence-corrected chi connectivity index (χ0v) is 21.0. The van der Waals surface area contributed by atoms with Crippen molar-refractivity contribution in [2.24, 2.45) is 4.99 Å². The van der Waals surface area contributed by atoms with Crippen LogP contribution in [0, 0.1) is 10.1 Å². The first kappa shape index (κ1) is 25.5. The molecule has 1 aliphatic rings. The fourth-order valence-corrected chi connectivity index (χ4v) is 5.03. The third-order valence-corrected chi connectivity index (χ3v) is 6.55. The molecule has 1 unspecified atom stereocenters. The summed E-state index contributed by atoms with van der Waals surface area (Å²) in [6.45, 7) is 2.90. The molecule has 1 aliphatic heterocycles. The summed E-state index contributed by atoms with van der Waals surface area (Å²) in [6, 6.07) is 9.67. The zero-order valence-electron chi connectivity index (χ0n) is 20.2. The van der Waals surface area contributed by atoms with Crippen molar-refractivity contribution in [3.63, 3.8) is 0 Å².